The highest BCUT2D eigenvalue weighted by Crippen LogP contribution is 2.38. The number of hydrogen-bond acceptors (Lipinski definition) is 4. The molecular weight excluding hydrogens is 380 g/mol. The molecule has 0 aromatic heterocycles. The van der Waals surface area contributed by atoms with Gasteiger partial charge in [-0.15, -0.1) is 0 Å². The Kier molecular flexibility index (Phi) is 5.66. The highest BCUT2D eigenvalue weighted by atomic mass is 16.5. The Bertz CT molecular complexity index is 937. The highest BCUT2D eigenvalue weighted by Gasteiger charge is 2.39. The Hall–Kier alpha value is -3.02. The topological polar surface area (TPSA) is 67.9 Å². The minimum Gasteiger partial charge on any atom is -0.497 e. The van der Waals surface area contributed by atoms with E-state index in [1.54, 1.807) is 38.5 Å². The lowest BCUT2D eigenvalue weighted by Crippen LogP contribution is -2.32. The van der Waals surface area contributed by atoms with Gasteiger partial charge in [-0.2, -0.15) is 0 Å². The normalized spacial score (nSPS) is 19.7. The molecule has 0 aliphatic heterocycles. The zero-order valence-electron chi connectivity index (χ0n) is 17.7. The van der Waals surface area contributed by atoms with Gasteiger partial charge in [0.05, 0.1) is 20.8 Å². The van der Waals surface area contributed by atoms with E-state index in [-0.39, 0.29) is 23.8 Å². The third kappa shape index (κ3) is 4.42. The van der Waals surface area contributed by atoms with Gasteiger partial charge < -0.3 is 19.7 Å². The van der Waals surface area contributed by atoms with Crippen molar-refractivity contribution in [2.75, 3.05) is 19.5 Å². The first-order chi connectivity index (χ1) is 14.5. The van der Waals surface area contributed by atoms with E-state index in [1.165, 1.54) is 0 Å². The summed E-state index contributed by atoms with van der Waals surface area (Å²) in [7, 11) is 3.25. The molecule has 0 bridgehead atoms. The van der Waals surface area contributed by atoms with Crippen LogP contribution in [0.4, 0.5) is 5.69 Å². The van der Waals surface area contributed by atoms with Gasteiger partial charge in [-0.1, -0.05) is 6.92 Å². The van der Waals surface area contributed by atoms with Crippen LogP contribution in [0.5, 0.6) is 11.5 Å². The summed E-state index contributed by atoms with van der Waals surface area (Å²) in [5, 5.41) is 2.94. The highest BCUT2D eigenvalue weighted by molar-refractivity contribution is 5.97. The number of nitrogens with one attached hydrogen (secondary N) is 1. The summed E-state index contributed by atoms with van der Waals surface area (Å²) in [4.78, 5) is 27.3. The largest absolute Gasteiger partial charge is 0.497 e. The van der Waals surface area contributed by atoms with E-state index in [2.05, 4.69) is 12.2 Å². The van der Waals surface area contributed by atoms with E-state index in [0.717, 1.165) is 42.0 Å². The molecule has 0 radical (unpaired) electrons. The molecule has 4 rings (SSSR count). The van der Waals surface area contributed by atoms with E-state index in [9.17, 15) is 9.59 Å². The second kappa shape index (κ2) is 8.38. The van der Waals surface area contributed by atoms with Crippen molar-refractivity contribution < 1.29 is 19.1 Å². The number of carbonyl (C=O) groups excluding carboxylic acids is 2. The maximum atomic E-state index is 13.2. The molecule has 2 unspecified atom stereocenters. The zero-order valence-corrected chi connectivity index (χ0v) is 17.7. The molecule has 0 spiro atoms. The smallest absolute Gasteiger partial charge is 0.254 e. The number of benzene rings is 2. The van der Waals surface area contributed by atoms with Crippen LogP contribution in [0, 0.1) is 11.8 Å². The van der Waals surface area contributed by atoms with Gasteiger partial charge in [0.2, 0.25) is 5.91 Å². The Labute approximate surface area is 177 Å². The van der Waals surface area contributed by atoms with Gasteiger partial charge in [-0.05, 0) is 67.6 Å². The van der Waals surface area contributed by atoms with Crippen molar-refractivity contribution in [3.05, 3.63) is 53.6 Å². The van der Waals surface area contributed by atoms with Crippen LogP contribution in [-0.2, 0) is 11.3 Å². The van der Waals surface area contributed by atoms with E-state index in [4.69, 9.17) is 9.47 Å². The summed E-state index contributed by atoms with van der Waals surface area (Å²) in [6.07, 6.45) is 2.96. The lowest BCUT2D eigenvalue weighted by atomic mass is 10.1. The van der Waals surface area contributed by atoms with Crippen LogP contribution in [0.15, 0.2) is 42.5 Å². The lowest BCUT2D eigenvalue weighted by molar-refractivity contribution is -0.117. The van der Waals surface area contributed by atoms with Crippen LogP contribution < -0.4 is 14.8 Å². The van der Waals surface area contributed by atoms with Gasteiger partial charge in [-0.3, -0.25) is 9.59 Å². The number of ether oxygens (including phenoxy) is 2. The quantitative estimate of drug-likeness (QED) is 0.714. The van der Waals surface area contributed by atoms with Crippen molar-refractivity contribution in [2.45, 2.75) is 38.8 Å². The molecule has 2 atom stereocenters. The first-order valence-electron chi connectivity index (χ1n) is 10.4. The van der Waals surface area contributed by atoms with Gasteiger partial charge in [0.1, 0.15) is 11.5 Å². The van der Waals surface area contributed by atoms with Crippen molar-refractivity contribution >= 4 is 17.5 Å². The predicted molar refractivity (Wildman–Crippen MR) is 115 cm³/mol. The third-order valence-corrected chi connectivity index (χ3v) is 5.92. The molecule has 2 fully saturated rings. The third-order valence-electron chi connectivity index (χ3n) is 5.92. The first kappa shape index (κ1) is 20.3. The van der Waals surface area contributed by atoms with Crippen LogP contribution in [0.2, 0.25) is 0 Å². The van der Waals surface area contributed by atoms with Crippen molar-refractivity contribution in [3.63, 3.8) is 0 Å². The summed E-state index contributed by atoms with van der Waals surface area (Å²) in [5.74, 6) is 2.10. The number of nitrogens with zero attached hydrogens (tertiary/aromatic N) is 1. The Morgan fingerprint density at radius 2 is 1.77 bits per heavy atom. The molecule has 0 saturated heterocycles. The summed E-state index contributed by atoms with van der Waals surface area (Å²) in [5.41, 5.74) is 2.25. The number of amides is 2. The maximum absolute atomic E-state index is 13.2. The van der Waals surface area contributed by atoms with E-state index in [0.29, 0.717) is 18.0 Å². The fourth-order valence-corrected chi connectivity index (χ4v) is 3.73. The van der Waals surface area contributed by atoms with E-state index in [1.807, 2.05) is 23.1 Å². The van der Waals surface area contributed by atoms with Crippen molar-refractivity contribution in [1.29, 1.82) is 0 Å². The van der Waals surface area contributed by atoms with Gasteiger partial charge in [0.25, 0.3) is 5.91 Å². The summed E-state index contributed by atoms with van der Waals surface area (Å²) >= 11 is 0. The second-order valence-electron chi connectivity index (χ2n) is 8.23. The molecule has 6 heteroatoms. The monoisotopic (exact) mass is 408 g/mol. The van der Waals surface area contributed by atoms with Crippen LogP contribution in [0.1, 0.15) is 42.1 Å². The van der Waals surface area contributed by atoms with Crippen molar-refractivity contribution in [3.8, 4) is 11.5 Å². The van der Waals surface area contributed by atoms with Gasteiger partial charge in [-0.25, -0.2) is 0 Å². The van der Waals surface area contributed by atoms with Gasteiger partial charge in [0, 0.05) is 28.8 Å². The average Bonchev–Trinajstić information content (AvgIpc) is 3.68. The molecule has 30 heavy (non-hydrogen) atoms. The van der Waals surface area contributed by atoms with Gasteiger partial charge in [0.15, 0.2) is 0 Å². The van der Waals surface area contributed by atoms with Crippen LogP contribution in [-0.4, -0.2) is 37.0 Å². The number of methoxy groups -OCH3 is 2. The Morgan fingerprint density at radius 1 is 1.07 bits per heavy atom. The average molecular weight is 408 g/mol. The number of anilines is 1. The number of carbonyl (C=O) groups is 2. The lowest BCUT2D eigenvalue weighted by Gasteiger charge is -2.24. The molecule has 2 amide bonds. The van der Waals surface area contributed by atoms with E-state index >= 15 is 0 Å². The number of rotatable bonds is 8. The molecular formula is C24H28N2O4. The molecule has 158 valence electrons. The molecule has 2 saturated carbocycles. The van der Waals surface area contributed by atoms with Crippen LogP contribution >= 0.6 is 0 Å². The first-order valence-corrected chi connectivity index (χ1v) is 10.4. The standard InChI is InChI=1S/C24H28N2O4/c1-15-12-21(15)23(27)25-18-6-4-16(5-7-18)24(28)26(19-8-9-19)14-17-13-20(29-2)10-11-22(17)30-3/h4-7,10-11,13,15,19,21H,8-9,12,14H2,1-3H3,(H,25,27). The summed E-state index contributed by atoms with van der Waals surface area (Å²) in [6, 6.07) is 13.0. The summed E-state index contributed by atoms with van der Waals surface area (Å²) in [6.45, 7) is 2.54. The minimum absolute atomic E-state index is 0.0175. The molecule has 2 aliphatic carbocycles. The molecule has 2 aliphatic rings. The Balaban J connectivity index is 1.48. The molecule has 0 heterocycles. The van der Waals surface area contributed by atoms with Crippen molar-refractivity contribution in [1.82, 2.24) is 4.90 Å². The second-order valence-corrected chi connectivity index (χ2v) is 8.23. The van der Waals surface area contributed by atoms with Crippen LogP contribution in [0.25, 0.3) is 0 Å². The molecule has 6 nitrogen and oxygen atoms in total. The maximum Gasteiger partial charge on any atom is 0.254 e. The molecule has 2 aromatic carbocycles. The van der Waals surface area contributed by atoms with Gasteiger partial charge >= 0.3 is 0 Å². The SMILES string of the molecule is COc1ccc(OC)c(CN(C(=O)c2ccc(NC(=O)C3CC3C)cc2)C2CC2)c1. The predicted octanol–water partition coefficient (Wildman–Crippen LogP) is 4.10. The van der Waals surface area contributed by atoms with Crippen LogP contribution in [0.3, 0.4) is 0 Å². The van der Waals surface area contributed by atoms with E-state index < -0.39 is 0 Å². The zero-order chi connectivity index (χ0) is 21.3. The number of hydrogen-bond donors (Lipinski definition) is 1. The fourth-order valence-electron chi connectivity index (χ4n) is 3.73. The molecule has 2 aromatic rings. The summed E-state index contributed by atoms with van der Waals surface area (Å²) < 4.78 is 10.8. The Morgan fingerprint density at radius 3 is 2.33 bits per heavy atom. The van der Waals surface area contributed by atoms with Crippen molar-refractivity contribution in [2.24, 2.45) is 11.8 Å². The molecule has 1 N–H and O–H groups in total. The fraction of sp³-hybridized carbons (Fsp3) is 0.417. The minimum atomic E-state index is -0.0175.